The third-order valence-corrected chi connectivity index (χ3v) is 8.91. The number of piperidine rings is 1. The van der Waals surface area contributed by atoms with Crippen LogP contribution in [-0.2, 0) is 11.2 Å². The maximum Gasteiger partial charge on any atom is 0.438 e. The summed E-state index contributed by atoms with van der Waals surface area (Å²) in [7, 11) is 1.56. The van der Waals surface area contributed by atoms with Crippen LogP contribution in [0.5, 0.6) is 11.5 Å². The molecule has 2 aromatic rings. The summed E-state index contributed by atoms with van der Waals surface area (Å²) in [6.45, 7) is 8.19. The summed E-state index contributed by atoms with van der Waals surface area (Å²) in [5, 5.41) is 4.62. The lowest BCUT2D eigenvalue weighted by Crippen LogP contribution is -2.39. The van der Waals surface area contributed by atoms with Crippen molar-refractivity contribution in [2.24, 2.45) is 5.10 Å². The zero-order valence-electron chi connectivity index (χ0n) is 25.2. The molecule has 2 aromatic carbocycles. The van der Waals surface area contributed by atoms with Gasteiger partial charge in [0.15, 0.2) is 11.5 Å². The quantitative estimate of drug-likeness (QED) is 0.322. The molecule has 0 saturated carbocycles. The smallest absolute Gasteiger partial charge is 0.438 e. The molecule has 1 saturated heterocycles. The number of fused-ring (bicyclic) bond motifs is 1. The topological polar surface area (TPSA) is 101 Å². The van der Waals surface area contributed by atoms with Gasteiger partial charge in [0.1, 0.15) is 0 Å². The summed E-state index contributed by atoms with van der Waals surface area (Å²) >= 11 is 1.05. The maximum absolute atomic E-state index is 13.6. The minimum atomic E-state index is -0.749. The summed E-state index contributed by atoms with van der Waals surface area (Å²) in [6.07, 6.45) is 5.28. The minimum absolute atomic E-state index is 0.117. The van der Waals surface area contributed by atoms with Crippen LogP contribution in [0.25, 0.3) is 0 Å². The Morgan fingerprint density at radius 2 is 1.84 bits per heavy atom. The third-order valence-electron chi connectivity index (χ3n) is 7.96. The second-order valence-electron chi connectivity index (χ2n) is 10.9. The van der Waals surface area contributed by atoms with E-state index in [0.717, 1.165) is 72.5 Å². The number of methoxy groups -OCH3 is 1. The molecule has 11 heteroatoms. The number of carbonyl (C=O) groups excluding carboxylic acids is 3. The number of rotatable bonds is 9. The minimum Gasteiger partial charge on any atom is -0.493 e. The van der Waals surface area contributed by atoms with E-state index in [2.05, 4.69) is 10.0 Å². The van der Waals surface area contributed by atoms with Crippen molar-refractivity contribution in [1.82, 2.24) is 9.91 Å². The molecule has 0 aliphatic carbocycles. The number of aryl methyl sites for hydroxylation is 1. The molecule has 0 N–H and O–H groups in total. The van der Waals surface area contributed by atoms with E-state index in [0.29, 0.717) is 35.9 Å². The van der Waals surface area contributed by atoms with Gasteiger partial charge in [-0.2, -0.15) is 5.10 Å². The third kappa shape index (κ3) is 7.15. The molecule has 10 nitrogen and oxygen atoms in total. The highest BCUT2D eigenvalue weighted by molar-refractivity contribution is 8.14. The van der Waals surface area contributed by atoms with E-state index in [9.17, 15) is 14.4 Å². The van der Waals surface area contributed by atoms with Crippen molar-refractivity contribution >= 4 is 40.4 Å². The van der Waals surface area contributed by atoms with Gasteiger partial charge in [0.2, 0.25) is 0 Å². The van der Waals surface area contributed by atoms with Gasteiger partial charge in [0.25, 0.3) is 5.91 Å². The highest BCUT2D eigenvalue weighted by atomic mass is 32.2. The van der Waals surface area contributed by atoms with Gasteiger partial charge in [-0.1, -0.05) is 24.2 Å². The molecule has 0 spiro atoms. The van der Waals surface area contributed by atoms with Gasteiger partial charge >= 0.3 is 11.3 Å². The van der Waals surface area contributed by atoms with E-state index in [1.807, 2.05) is 32.0 Å². The molecular formula is C32H40N4O6S. The Balaban J connectivity index is 1.29. The van der Waals surface area contributed by atoms with E-state index in [4.69, 9.17) is 14.2 Å². The van der Waals surface area contributed by atoms with Gasteiger partial charge in [-0.3, -0.25) is 9.59 Å². The number of amides is 3. The fourth-order valence-corrected chi connectivity index (χ4v) is 6.60. The van der Waals surface area contributed by atoms with Gasteiger partial charge in [0, 0.05) is 24.3 Å². The number of anilines is 1. The van der Waals surface area contributed by atoms with Crippen LogP contribution in [0.4, 0.5) is 15.3 Å². The molecular weight excluding hydrogens is 568 g/mol. The molecule has 43 heavy (non-hydrogen) atoms. The van der Waals surface area contributed by atoms with E-state index in [1.54, 1.807) is 30.2 Å². The van der Waals surface area contributed by atoms with Crippen LogP contribution in [0.3, 0.4) is 0 Å². The van der Waals surface area contributed by atoms with Crippen molar-refractivity contribution in [3.8, 4) is 11.5 Å². The van der Waals surface area contributed by atoms with Crippen molar-refractivity contribution in [2.45, 2.75) is 57.6 Å². The summed E-state index contributed by atoms with van der Waals surface area (Å²) in [5.41, 5.74) is 3.80. The molecule has 0 radical (unpaired) electrons. The van der Waals surface area contributed by atoms with Crippen LogP contribution >= 0.6 is 11.8 Å². The predicted molar refractivity (Wildman–Crippen MR) is 168 cm³/mol. The summed E-state index contributed by atoms with van der Waals surface area (Å²) in [5.74, 6) is 0.995. The average molecular weight is 609 g/mol. The molecule has 1 unspecified atom stereocenters. The Morgan fingerprint density at radius 1 is 1.02 bits per heavy atom. The molecule has 3 heterocycles. The first-order chi connectivity index (χ1) is 20.9. The monoisotopic (exact) mass is 608 g/mol. The summed E-state index contributed by atoms with van der Waals surface area (Å²) < 4.78 is 16.5. The lowest BCUT2D eigenvalue weighted by molar-refractivity contribution is 0.0984. The van der Waals surface area contributed by atoms with Crippen LogP contribution in [-0.4, -0.2) is 84.6 Å². The Labute approximate surface area is 257 Å². The molecule has 1 atom stereocenters. The number of nitrogens with zero attached hydrogens (tertiary/aromatic N) is 4. The molecule has 0 aromatic heterocycles. The fraction of sp³-hybridized carbons (Fsp3) is 0.500. The first-order valence-electron chi connectivity index (χ1n) is 15.1. The van der Waals surface area contributed by atoms with Crippen LogP contribution in [0.2, 0.25) is 0 Å². The second kappa shape index (κ2) is 14.3. The van der Waals surface area contributed by atoms with Gasteiger partial charge in [0.05, 0.1) is 31.3 Å². The number of benzene rings is 2. The maximum atomic E-state index is 13.6. The predicted octanol–water partition coefficient (Wildman–Crippen LogP) is 5.96. The van der Waals surface area contributed by atoms with Crippen LogP contribution < -0.4 is 14.4 Å². The normalized spacial score (nSPS) is 19.0. The molecule has 3 amide bonds. The van der Waals surface area contributed by atoms with Crippen LogP contribution in [0.15, 0.2) is 41.5 Å². The van der Waals surface area contributed by atoms with Gasteiger partial charge in [-0.05, 0) is 100 Å². The number of hydrogen-bond donors (Lipinski definition) is 0. The van der Waals surface area contributed by atoms with E-state index in [1.165, 1.54) is 19.3 Å². The zero-order valence-corrected chi connectivity index (χ0v) is 26.0. The van der Waals surface area contributed by atoms with Crippen LogP contribution in [0, 0.1) is 0 Å². The van der Waals surface area contributed by atoms with Crippen molar-refractivity contribution < 1.29 is 28.6 Å². The summed E-state index contributed by atoms with van der Waals surface area (Å²) in [6, 6.07) is 11.1. The highest BCUT2D eigenvalue weighted by Gasteiger charge is 2.34. The van der Waals surface area contributed by atoms with Gasteiger partial charge < -0.3 is 24.0 Å². The fourth-order valence-electron chi connectivity index (χ4n) is 5.79. The van der Waals surface area contributed by atoms with Gasteiger partial charge in [-0.15, -0.1) is 5.01 Å². The largest absolute Gasteiger partial charge is 0.493 e. The standard InChI is InChI=1S/C32H40N4O6S/c1-4-41-27-14-12-25(21-28(27)40-3)30(37)35-18-8-10-23-20-24(11-13-26(23)35)29-22(2)43-32(39)36(33-29)31(38)42-19-9-17-34-15-6-5-7-16-34/h11-14,20-22H,4-10,15-19H2,1-3H3. The first kappa shape index (κ1) is 30.9. The second-order valence-corrected chi connectivity index (χ2v) is 12.2. The number of imide groups is 1. The molecule has 1 fully saturated rings. The van der Waals surface area contributed by atoms with Crippen molar-refractivity contribution in [3.05, 3.63) is 53.1 Å². The number of thioether (sulfide) groups is 1. The van der Waals surface area contributed by atoms with E-state index < -0.39 is 11.3 Å². The highest BCUT2D eigenvalue weighted by Crippen LogP contribution is 2.34. The van der Waals surface area contributed by atoms with Gasteiger partial charge in [-0.25, -0.2) is 4.79 Å². The average Bonchev–Trinajstić information content (AvgIpc) is 3.03. The van der Waals surface area contributed by atoms with Crippen molar-refractivity contribution in [3.63, 3.8) is 0 Å². The number of likely N-dealkylation sites (tertiary alicyclic amines) is 1. The number of hydrogen-bond acceptors (Lipinski definition) is 9. The van der Waals surface area contributed by atoms with Crippen molar-refractivity contribution in [2.75, 3.05) is 51.4 Å². The SMILES string of the molecule is CCOc1ccc(C(=O)N2CCCc3cc(C4=NN(C(=O)OCCCN5CCCCC5)C(=O)SC4C)ccc32)cc1OC. The number of hydrazone groups is 1. The molecule has 3 aliphatic heterocycles. The Bertz CT molecular complexity index is 1380. The molecule has 5 rings (SSSR count). The lowest BCUT2D eigenvalue weighted by atomic mass is 9.96. The Kier molecular flexibility index (Phi) is 10.2. The van der Waals surface area contributed by atoms with E-state index >= 15 is 0 Å². The van der Waals surface area contributed by atoms with Crippen molar-refractivity contribution in [1.29, 1.82) is 0 Å². The number of ether oxygens (including phenoxy) is 3. The van der Waals surface area contributed by atoms with E-state index in [-0.39, 0.29) is 17.8 Å². The molecule has 230 valence electrons. The Morgan fingerprint density at radius 3 is 2.60 bits per heavy atom. The van der Waals surface area contributed by atoms with Crippen LogP contribution in [0.1, 0.15) is 67.4 Å². The lowest BCUT2D eigenvalue weighted by Gasteiger charge is -2.31. The Hall–Kier alpha value is -3.57. The summed E-state index contributed by atoms with van der Waals surface area (Å²) in [4.78, 5) is 43.3. The molecule has 3 aliphatic rings. The molecule has 0 bridgehead atoms. The zero-order chi connectivity index (χ0) is 30.3. The first-order valence-corrected chi connectivity index (χ1v) is 16.0. The number of carbonyl (C=O) groups is 3.